The SMILES string of the molecule is COC(=O)N[C@H](C(=O)N1CC2(CC2)C[C@H]1c1ncc(C2=Cc3ccc(-c4ccc(-c5cnc([C@@H]6CC7(CC7)CN6C(=O)[C@@H](NC(=O)OC)C(C)C)[nH]5)cc4)cc3CC=C2)[nH]1)C(C)C. The summed E-state index contributed by atoms with van der Waals surface area (Å²) in [6.45, 7) is 9.03. The van der Waals surface area contributed by atoms with Gasteiger partial charge in [-0.15, -0.1) is 0 Å². The van der Waals surface area contributed by atoms with Crippen LogP contribution in [0.15, 0.2) is 67.0 Å². The van der Waals surface area contributed by atoms with Crippen LogP contribution in [-0.4, -0.2) is 93.1 Å². The summed E-state index contributed by atoms with van der Waals surface area (Å²) in [5, 5.41) is 5.51. The van der Waals surface area contributed by atoms with E-state index in [1.54, 1.807) is 0 Å². The van der Waals surface area contributed by atoms with Crippen molar-refractivity contribution in [1.29, 1.82) is 0 Å². The number of hydrogen-bond acceptors (Lipinski definition) is 8. The summed E-state index contributed by atoms with van der Waals surface area (Å²) in [6, 6.07) is 13.3. The summed E-state index contributed by atoms with van der Waals surface area (Å²) in [5.41, 5.74) is 8.60. The highest BCUT2D eigenvalue weighted by atomic mass is 16.5. The number of hydrogen-bond donors (Lipinski definition) is 4. The Hall–Kier alpha value is -6.18. The number of carbonyl (C=O) groups is 4. The van der Waals surface area contributed by atoms with Crippen LogP contribution in [0, 0.1) is 22.7 Å². The molecule has 4 amide bonds. The molecule has 0 radical (unpaired) electrons. The van der Waals surface area contributed by atoms with Crippen LogP contribution in [0.3, 0.4) is 0 Å². The van der Waals surface area contributed by atoms with Crippen molar-refractivity contribution < 1.29 is 28.7 Å². The van der Waals surface area contributed by atoms with Crippen LogP contribution in [0.1, 0.15) is 107 Å². The number of likely N-dealkylation sites (tertiary alicyclic amines) is 2. The number of nitrogens with zero attached hydrogens (tertiary/aromatic N) is 4. The average Bonchev–Trinajstić information content (AvgIpc) is 3.91. The van der Waals surface area contributed by atoms with E-state index >= 15 is 0 Å². The van der Waals surface area contributed by atoms with E-state index in [0.29, 0.717) is 13.1 Å². The van der Waals surface area contributed by atoms with Crippen LogP contribution in [0.4, 0.5) is 9.59 Å². The molecule has 5 aliphatic rings. The van der Waals surface area contributed by atoms with Gasteiger partial charge in [0.15, 0.2) is 0 Å². The predicted octanol–water partition coefficient (Wildman–Crippen LogP) is 7.99. The number of allylic oxidation sites excluding steroid dienone is 3. The number of ether oxygens (including phenoxy) is 2. The molecule has 0 bridgehead atoms. The fourth-order valence-electron chi connectivity index (χ4n) is 9.85. The molecule has 2 saturated carbocycles. The molecule has 4 atom stereocenters. The lowest BCUT2D eigenvalue weighted by atomic mass is 9.96. The Balaban J connectivity index is 0.894. The molecule has 9 rings (SSSR count). The number of fused-ring (bicyclic) bond motifs is 1. The highest BCUT2D eigenvalue weighted by Gasteiger charge is 2.56. The lowest BCUT2D eigenvalue weighted by Gasteiger charge is -2.30. The first-order valence-electron chi connectivity index (χ1n) is 22.3. The predicted molar refractivity (Wildman–Crippen MR) is 239 cm³/mol. The molecule has 2 saturated heterocycles. The van der Waals surface area contributed by atoms with Crippen LogP contribution in [0.25, 0.3) is 34.0 Å². The van der Waals surface area contributed by atoms with Gasteiger partial charge in [-0.25, -0.2) is 19.6 Å². The fraction of sp³-hybridized carbons (Fsp3) is 0.469. The number of benzene rings is 2. The molecule has 2 aliphatic heterocycles. The van der Waals surface area contributed by atoms with E-state index in [0.717, 1.165) is 95.8 Å². The van der Waals surface area contributed by atoms with E-state index in [1.807, 2.05) is 49.9 Å². The maximum absolute atomic E-state index is 14.0. The highest BCUT2D eigenvalue weighted by Crippen LogP contribution is 2.59. The highest BCUT2D eigenvalue weighted by molar-refractivity contribution is 5.89. The lowest BCUT2D eigenvalue weighted by molar-refractivity contribution is -0.136. The Kier molecular flexibility index (Phi) is 11.0. The number of nitrogens with one attached hydrogen (secondary N) is 4. The summed E-state index contributed by atoms with van der Waals surface area (Å²) >= 11 is 0. The number of aromatic amines is 2. The van der Waals surface area contributed by atoms with Crippen molar-refractivity contribution in [2.45, 2.75) is 96.8 Å². The van der Waals surface area contributed by atoms with Gasteiger partial charge in [-0.1, -0.05) is 82.3 Å². The smallest absolute Gasteiger partial charge is 0.407 e. The second-order valence-corrected chi connectivity index (χ2v) is 19.1. The van der Waals surface area contributed by atoms with Gasteiger partial charge in [0, 0.05) is 13.1 Å². The Labute approximate surface area is 368 Å². The number of methoxy groups -OCH3 is 2. The molecule has 4 fully saturated rings. The normalized spacial score (nSPS) is 21.2. The molecule has 63 heavy (non-hydrogen) atoms. The number of H-pyrrole nitrogens is 2. The monoisotopic (exact) mass is 854 g/mol. The van der Waals surface area contributed by atoms with Gasteiger partial charge in [0.1, 0.15) is 23.7 Å². The van der Waals surface area contributed by atoms with Crippen molar-refractivity contribution in [3.8, 4) is 22.4 Å². The minimum atomic E-state index is -0.689. The van der Waals surface area contributed by atoms with Gasteiger partial charge in [-0.05, 0) is 107 Å². The second-order valence-electron chi connectivity index (χ2n) is 19.1. The van der Waals surface area contributed by atoms with E-state index in [2.05, 4.69) is 81.3 Å². The van der Waals surface area contributed by atoms with Gasteiger partial charge in [-0.2, -0.15) is 0 Å². The third-order valence-corrected chi connectivity index (χ3v) is 14.0. The molecule has 2 aromatic heterocycles. The molecule has 0 unspecified atom stereocenters. The fourth-order valence-corrected chi connectivity index (χ4v) is 9.85. The van der Waals surface area contributed by atoms with Crippen LogP contribution >= 0.6 is 0 Å². The summed E-state index contributed by atoms with van der Waals surface area (Å²) < 4.78 is 9.66. The Morgan fingerprint density at radius 3 is 1.70 bits per heavy atom. The van der Waals surface area contributed by atoms with Gasteiger partial charge in [0.2, 0.25) is 11.8 Å². The number of alkyl carbamates (subject to hydrolysis) is 2. The summed E-state index contributed by atoms with van der Waals surface area (Å²) in [4.78, 5) is 72.7. The van der Waals surface area contributed by atoms with Crippen molar-refractivity contribution in [2.24, 2.45) is 22.7 Å². The zero-order valence-electron chi connectivity index (χ0n) is 37.0. The van der Waals surface area contributed by atoms with Crippen LogP contribution in [0.5, 0.6) is 0 Å². The van der Waals surface area contributed by atoms with Crippen LogP contribution in [-0.2, 0) is 25.5 Å². The number of carbonyl (C=O) groups excluding carboxylic acids is 4. The molecule has 4 aromatic rings. The molecular formula is C49H58N8O6. The van der Waals surface area contributed by atoms with E-state index in [-0.39, 0.29) is 46.6 Å². The quantitative estimate of drug-likeness (QED) is 0.117. The van der Waals surface area contributed by atoms with Gasteiger partial charge in [-0.3, -0.25) is 9.59 Å². The van der Waals surface area contributed by atoms with Crippen molar-refractivity contribution in [1.82, 2.24) is 40.4 Å². The van der Waals surface area contributed by atoms with E-state index in [9.17, 15) is 19.2 Å². The summed E-state index contributed by atoms with van der Waals surface area (Å²) in [7, 11) is 2.62. The Morgan fingerprint density at radius 2 is 1.19 bits per heavy atom. The van der Waals surface area contributed by atoms with Crippen molar-refractivity contribution in [3.05, 3.63) is 95.5 Å². The van der Waals surface area contributed by atoms with Crippen molar-refractivity contribution in [3.63, 3.8) is 0 Å². The zero-order valence-corrected chi connectivity index (χ0v) is 37.0. The maximum atomic E-state index is 14.0. The van der Waals surface area contributed by atoms with Gasteiger partial charge >= 0.3 is 12.2 Å². The molecule has 2 spiro atoms. The summed E-state index contributed by atoms with van der Waals surface area (Å²) in [6.07, 6.45) is 15.8. The van der Waals surface area contributed by atoms with Crippen molar-refractivity contribution >= 4 is 35.6 Å². The van der Waals surface area contributed by atoms with Gasteiger partial charge in [0.25, 0.3) is 0 Å². The molecule has 14 nitrogen and oxygen atoms in total. The largest absolute Gasteiger partial charge is 0.453 e. The zero-order chi connectivity index (χ0) is 44.2. The summed E-state index contributed by atoms with van der Waals surface area (Å²) in [5.74, 6) is 1.10. The topological polar surface area (TPSA) is 175 Å². The molecule has 330 valence electrons. The lowest BCUT2D eigenvalue weighted by Crippen LogP contribution is -2.51. The number of amides is 4. The van der Waals surface area contributed by atoms with E-state index < -0.39 is 24.3 Å². The molecule has 14 heteroatoms. The second kappa shape index (κ2) is 16.5. The first kappa shape index (κ1) is 42.1. The van der Waals surface area contributed by atoms with Crippen molar-refractivity contribution in [2.75, 3.05) is 27.3 Å². The minimum absolute atomic E-state index is 0.104. The van der Waals surface area contributed by atoms with E-state index in [1.165, 1.54) is 19.8 Å². The first-order valence-corrected chi connectivity index (χ1v) is 22.3. The van der Waals surface area contributed by atoms with E-state index in [4.69, 9.17) is 19.4 Å². The molecular weight excluding hydrogens is 797 g/mol. The Morgan fingerprint density at radius 1 is 0.698 bits per heavy atom. The third-order valence-electron chi connectivity index (χ3n) is 14.0. The van der Waals surface area contributed by atoms with Gasteiger partial charge in [0.05, 0.1) is 50.1 Å². The first-order chi connectivity index (χ1) is 30.3. The molecule has 2 aromatic carbocycles. The molecule has 4 N–H and O–H groups in total. The standard InChI is InChI=1S/C49H58N8O6/c1-28(2)40(54-46(60)62-5)44(58)56-26-48(16-17-48)22-38(56)42-50-24-36(52-42)31-12-10-30(11-13-31)33-14-15-34-21-35(9-7-8-32(34)20-33)37-25-51-43(53-37)39-23-49(18-19-49)27-57(39)45(59)41(29(3)4)55-47(61)63-6/h7,9-15,20-21,24-25,28-29,38-41H,8,16-19,22-23,26-27H2,1-6H3,(H,50,52)(H,51,53)(H,54,60)(H,55,61)/t38-,39-,40-,41-/m0/s1. The van der Waals surface area contributed by atoms with Crippen LogP contribution < -0.4 is 10.6 Å². The Bertz CT molecular complexity index is 2470. The molecule has 3 aliphatic carbocycles. The average molecular weight is 855 g/mol. The number of rotatable bonds is 11. The number of aromatic nitrogens is 4. The maximum Gasteiger partial charge on any atom is 0.407 e. The third kappa shape index (κ3) is 8.39. The minimum Gasteiger partial charge on any atom is -0.453 e. The van der Waals surface area contributed by atoms with Gasteiger partial charge < -0.3 is 39.9 Å². The molecule has 4 heterocycles. The van der Waals surface area contributed by atoms with Crippen LogP contribution in [0.2, 0.25) is 0 Å². The number of imidazole rings is 2.